The molecular weight excluding hydrogens is 288 g/mol. The number of benzene rings is 2. The van der Waals surface area contributed by atoms with Crippen molar-refractivity contribution in [1.29, 1.82) is 0 Å². The quantitative estimate of drug-likeness (QED) is 0.502. The zero-order valence-electron chi connectivity index (χ0n) is 13.4. The molecule has 1 aliphatic rings. The third-order valence-electron chi connectivity index (χ3n) is 5.29. The Morgan fingerprint density at radius 3 is 1.70 bits per heavy atom. The fourth-order valence-corrected chi connectivity index (χ4v) is 3.70. The Hall–Kier alpha value is -2.36. The lowest BCUT2D eigenvalue weighted by molar-refractivity contribution is 0.280. The molecule has 0 unspecified atom stereocenters. The smallest absolute Gasteiger partial charge is 0.138 e. The summed E-state index contributed by atoms with van der Waals surface area (Å²) in [5.41, 5.74) is 14.7. The van der Waals surface area contributed by atoms with Crippen LogP contribution >= 0.6 is 0 Å². The molecule has 0 atom stereocenters. The van der Waals surface area contributed by atoms with E-state index in [0.717, 1.165) is 36.8 Å². The second-order valence-corrected chi connectivity index (χ2v) is 6.81. The maximum Gasteiger partial charge on any atom is 0.138 e. The molecule has 1 aliphatic carbocycles. The van der Waals surface area contributed by atoms with Gasteiger partial charge in [-0.1, -0.05) is 19.1 Å². The molecule has 0 radical (unpaired) electrons. The number of aromatic hydroxyl groups is 2. The molecule has 6 N–H and O–H groups in total. The van der Waals surface area contributed by atoms with Gasteiger partial charge in [0.15, 0.2) is 0 Å². The summed E-state index contributed by atoms with van der Waals surface area (Å²) in [5, 5.41) is 19.5. The van der Waals surface area contributed by atoms with Crippen LogP contribution in [0.4, 0.5) is 11.4 Å². The van der Waals surface area contributed by atoms with Gasteiger partial charge < -0.3 is 21.7 Å². The van der Waals surface area contributed by atoms with Crippen LogP contribution in [-0.4, -0.2) is 10.2 Å². The predicted molar refractivity (Wildman–Crippen MR) is 93.5 cm³/mol. The lowest BCUT2D eigenvalue weighted by Gasteiger charge is -2.41. The van der Waals surface area contributed by atoms with Gasteiger partial charge in [0.25, 0.3) is 0 Å². The minimum atomic E-state index is -0.170. The maximum atomic E-state index is 9.74. The first-order valence-corrected chi connectivity index (χ1v) is 8.10. The van der Waals surface area contributed by atoms with E-state index >= 15 is 0 Å². The molecule has 1 saturated carbocycles. The van der Waals surface area contributed by atoms with Crippen LogP contribution in [0.3, 0.4) is 0 Å². The Morgan fingerprint density at radius 2 is 1.30 bits per heavy atom. The summed E-state index contributed by atoms with van der Waals surface area (Å²) in [6.45, 7) is 2.28. The maximum absolute atomic E-state index is 9.74. The molecule has 23 heavy (non-hydrogen) atoms. The van der Waals surface area contributed by atoms with E-state index in [1.165, 1.54) is 0 Å². The first kappa shape index (κ1) is 15.5. The van der Waals surface area contributed by atoms with Crippen LogP contribution in [-0.2, 0) is 5.41 Å². The topological polar surface area (TPSA) is 92.5 Å². The van der Waals surface area contributed by atoms with E-state index < -0.39 is 0 Å². The van der Waals surface area contributed by atoms with E-state index in [1.54, 1.807) is 12.1 Å². The molecule has 0 spiro atoms. The van der Waals surface area contributed by atoms with Crippen molar-refractivity contribution >= 4 is 11.4 Å². The molecule has 0 aliphatic heterocycles. The molecule has 2 aromatic rings. The number of phenols is 2. The first-order valence-electron chi connectivity index (χ1n) is 8.10. The van der Waals surface area contributed by atoms with Gasteiger partial charge in [-0.25, -0.2) is 0 Å². The summed E-state index contributed by atoms with van der Waals surface area (Å²) in [5.74, 6) is 0.920. The molecular formula is C19H24N2O2. The van der Waals surface area contributed by atoms with E-state index in [2.05, 4.69) is 6.92 Å². The van der Waals surface area contributed by atoms with Gasteiger partial charge in [0.05, 0.1) is 11.4 Å². The highest BCUT2D eigenvalue weighted by Gasteiger charge is 2.38. The van der Waals surface area contributed by atoms with Crippen molar-refractivity contribution < 1.29 is 10.2 Å². The van der Waals surface area contributed by atoms with Gasteiger partial charge in [0.2, 0.25) is 0 Å². The summed E-state index contributed by atoms with van der Waals surface area (Å²) < 4.78 is 0. The van der Waals surface area contributed by atoms with Crippen molar-refractivity contribution in [3.63, 3.8) is 0 Å². The third-order valence-corrected chi connectivity index (χ3v) is 5.29. The Kier molecular flexibility index (Phi) is 3.84. The lowest BCUT2D eigenvalue weighted by Crippen LogP contribution is -2.32. The summed E-state index contributed by atoms with van der Waals surface area (Å²) in [6, 6.07) is 11.0. The van der Waals surface area contributed by atoms with Crippen LogP contribution in [0.1, 0.15) is 43.7 Å². The van der Waals surface area contributed by atoms with E-state index in [9.17, 15) is 10.2 Å². The van der Waals surface area contributed by atoms with Crippen LogP contribution in [0, 0.1) is 5.92 Å². The van der Waals surface area contributed by atoms with Crippen LogP contribution in [0.15, 0.2) is 36.4 Å². The SMILES string of the molecule is CC1CCC(c2ccc(O)c(N)c2)(c2ccc(O)c(N)c2)CC1. The van der Waals surface area contributed by atoms with Gasteiger partial charge in [-0.15, -0.1) is 0 Å². The summed E-state index contributed by atoms with van der Waals surface area (Å²) in [7, 11) is 0. The molecule has 4 heteroatoms. The van der Waals surface area contributed by atoms with E-state index in [4.69, 9.17) is 11.5 Å². The van der Waals surface area contributed by atoms with Gasteiger partial charge in [-0.2, -0.15) is 0 Å². The van der Waals surface area contributed by atoms with E-state index in [1.807, 2.05) is 24.3 Å². The number of phenolic OH excluding ortho intramolecular Hbond substituents is 2. The van der Waals surface area contributed by atoms with E-state index in [0.29, 0.717) is 17.3 Å². The molecule has 0 saturated heterocycles. The lowest BCUT2D eigenvalue weighted by atomic mass is 9.63. The number of hydrogen-bond donors (Lipinski definition) is 4. The standard InChI is InChI=1S/C19H24N2O2/c1-12-6-8-19(9-7-12,13-2-4-17(22)15(20)10-13)14-3-5-18(23)16(21)11-14/h2-5,10-12,22-23H,6-9,20-21H2,1H3. The van der Waals surface area contributed by atoms with Crippen LogP contribution < -0.4 is 11.5 Å². The summed E-state index contributed by atoms with van der Waals surface area (Å²) >= 11 is 0. The molecule has 0 amide bonds. The second kappa shape index (κ2) is 5.69. The van der Waals surface area contributed by atoms with Crippen molar-refractivity contribution in [2.45, 2.75) is 38.0 Å². The molecule has 4 nitrogen and oxygen atoms in total. The van der Waals surface area contributed by atoms with Crippen molar-refractivity contribution in [1.82, 2.24) is 0 Å². The molecule has 0 bridgehead atoms. The van der Waals surface area contributed by atoms with Gasteiger partial charge in [0, 0.05) is 5.41 Å². The molecule has 0 heterocycles. The Morgan fingerprint density at radius 1 is 0.870 bits per heavy atom. The minimum Gasteiger partial charge on any atom is -0.506 e. The highest BCUT2D eigenvalue weighted by molar-refractivity contribution is 5.59. The fraction of sp³-hybridized carbons (Fsp3) is 0.368. The van der Waals surface area contributed by atoms with E-state index in [-0.39, 0.29) is 16.9 Å². The van der Waals surface area contributed by atoms with Gasteiger partial charge >= 0.3 is 0 Å². The zero-order chi connectivity index (χ0) is 16.6. The Balaban J connectivity index is 2.13. The predicted octanol–water partition coefficient (Wildman–Crippen LogP) is 3.76. The Labute approximate surface area is 136 Å². The number of nitrogens with two attached hydrogens (primary N) is 2. The largest absolute Gasteiger partial charge is 0.506 e. The molecule has 1 fully saturated rings. The van der Waals surface area contributed by atoms with Crippen molar-refractivity contribution in [2.75, 3.05) is 11.5 Å². The van der Waals surface area contributed by atoms with Gasteiger partial charge in [0.1, 0.15) is 11.5 Å². The van der Waals surface area contributed by atoms with Gasteiger partial charge in [-0.3, -0.25) is 0 Å². The zero-order valence-corrected chi connectivity index (χ0v) is 13.4. The molecule has 2 aromatic carbocycles. The van der Waals surface area contributed by atoms with Crippen LogP contribution in [0.5, 0.6) is 11.5 Å². The number of nitrogen functional groups attached to an aromatic ring is 2. The van der Waals surface area contributed by atoms with Crippen LogP contribution in [0.25, 0.3) is 0 Å². The minimum absolute atomic E-state index is 0.110. The average molecular weight is 312 g/mol. The fourth-order valence-electron chi connectivity index (χ4n) is 3.70. The highest BCUT2D eigenvalue weighted by Crippen LogP contribution is 2.48. The summed E-state index contributed by atoms with van der Waals surface area (Å²) in [6.07, 6.45) is 4.26. The second-order valence-electron chi connectivity index (χ2n) is 6.81. The van der Waals surface area contributed by atoms with Crippen LogP contribution in [0.2, 0.25) is 0 Å². The normalized spacial score (nSPS) is 18.0. The first-order chi connectivity index (χ1) is 10.9. The third kappa shape index (κ3) is 2.69. The Bertz CT molecular complexity index is 666. The molecule has 122 valence electrons. The average Bonchev–Trinajstić information content (AvgIpc) is 2.54. The van der Waals surface area contributed by atoms with Crippen molar-refractivity contribution in [3.8, 4) is 11.5 Å². The van der Waals surface area contributed by atoms with Gasteiger partial charge in [-0.05, 0) is 67.0 Å². The van der Waals surface area contributed by atoms with Crippen molar-refractivity contribution in [3.05, 3.63) is 47.5 Å². The highest BCUT2D eigenvalue weighted by atomic mass is 16.3. The molecule has 3 rings (SSSR count). The monoisotopic (exact) mass is 312 g/mol. The number of hydrogen-bond acceptors (Lipinski definition) is 4. The molecule has 0 aromatic heterocycles. The number of rotatable bonds is 2. The number of anilines is 2. The summed E-state index contributed by atoms with van der Waals surface area (Å²) in [4.78, 5) is 0. The van der Waals surface area contributed by atoms with Crippen molar-refractivity contribution in [2.24, 2.45) is 5.92 Å².